The van der Waals surface area contributed by atoms with Crippen molar-refractivity contribution in [3.05, 3.63) is 29.8 Å². The van der Waals surface area contributed by atoms with Gasteiger partial charge in [0.05, 0.1) is 25.4 Å². The van der Waals surface area contributed by atoms with Gasteiger partial charge in [-0.2, -0.15) is 4.98 Å². The van der Waals surface area contributed by atoms with Gasteiger partial charge >= 0.3 is 0 Å². The van der Waals surface area contributed by atoms with Gasteiger partial charge in [0.2, 0.25) is 5.28 Å². The van der Waals surface area contributed by atoms with Gasteiger partial charge in [-0.1, -0.05) is 11.8 Å². The number of H-pyrrole nitrogens is 1. The number of halogens is 1. The van der Waals surface area contributed by atoms with Crippen molar-refractivity contribution in [2.75, 3.05) is 14.2 Å². The molecule has 3 N–H and O–H groups in total. The first-order valence-corrected chi connectivity index (χ1v) is 7.17. The van der Waals surface area contributed by atoms with Crippen molar-refractivity contribution in [3.63, 3.8) is 0 Å². The molecular weight excluding hydrogens is 328 g/mol. The van der Waals surface area contributed by atoms with E-state index in [2.05, 4.69) is 19.9 Å². The Kier molecular flexibility index (Phi) is 5.07. The van der Waals surface area contributed by atoms with E-state index >= 15 is 0 Å². The lowest BCUT2D eigenvalue weighted by Crippen LogP contribution is -1.92. The van der Waals surface area contributed by atoms with Gasteiger partial charge in [0.25, 0.3) is 0 Å². The highest BCUT2D eigenvalue weighted by Crippen LogP contribution is 2.38. The topological polar surface area (TPSA) is 104 Å². The van der Waals surface area contributed by atoms with Crippen molar-refractivity contribution < 1.29 is 14.9 Å². The lowest BCUT2D eigenvalue weighted by Gasteiger charge is -2.10. The van der Waals surface area contributed by atoms with Crippen LogP contribution in [-0.2, 0) is 0 Å². The Balaban J connectivity index is 0.00000176. The molecule has 0 radical (unpaired) electrons. The van der Waals surface area contributed by atoms with Crippen LogP contribution in [-0.4, -0.2) is 39.6 Å². The smallest absolute Gasteiger partial charge is 0.225 e. The summed E-state index contributed by atoms with van der Waals surface area (Å²) in [7, 11) is 3.23. The Hall–Kier alpha value is -2.03. The summed E-state index contributed by atoms with van der Waals surface area (Å²) < 4.78 is 10.6. The number of ether oxygens (including phenoxy) is 2. The van der Waals surface area contributed by atoms with Crippen LogP contribution in [0.25, 0.3) is 11.2 Å². The maximum atomic E-state index is 5.93. The number of nitrogens with one attached hydrogen (secondary N) is 1. The summed E-state index contributed by atoms with van der Waals surface area (Å²) in [5, 5.41) is 0.827. The second-order valence-corrected chi connectivity index (χ2v) is 5.39. The van der Waals surface area contributed by atoms with Gasteiger partial charge in [-0.15, -0.1) is 0 Å². The lowest BCUT2D eigenvalue weighted by atomic mass is 10.3. The minimum atomic E-state index is 0. The van der Waals surface area contributed by atoms with E-state index in [-0.39, 0.29) is 10.8 Å². The van der Waals surface area contributed by atoms with Crippen LogP contribution in [0.2, 0.25) is 5.28 Å². The molecule has 1 aromatic carbocycles. The second kappa shape index (κ2) is 6.82. The van der Waals surface area contributed by atoms with Gasteiger partial charge < -0.3 is 19.9 Å². The van der Waals surface area contributed by atoms with E-state index < -0.39 is 0 Å². The zero-order valence-corrected chi connectivity index (χ0v) is 13.3. The number of methoxy groups -OCH3 is 2. The molecule has 0 saturated carbocycles. The Bertz CT molecular complexity index is 796. The van der Waals surface area contributed by atoms with E-state index in [9.17, 15) is 0 Å². The maximum Gasteiger partial charge on any atom is 0.225 e. The van der Waals surface area contributed by atoms with Crippen molar-refractivity contribution >= 4 is 34.5 Å². The normalized spacial score (nSPS) is 10.3. The molecule has 0 bridgehead atoms. The highest BCUT2D eigenvalue weighted by molar-refractivity contribution is 7.99. The van der Waals surface area contributed by atoms with Crippen LogP contribution in [0, 0.1) is 0 Å². The monoisotopic (exact) mass is 340 g/mol. The average molecular weight is 341 g/mol. The SMILES string of the molecule is COc1ccc(OC)c(Sc2nc(Cl)nc3nc[nH]c23)c1.O. The fraction of sp³-hybridized carbons (Fsp3) is 0.154. The zero-order valence-electron chi connectivity index (χ0n) is 11.8. The molecule has 0 aliphatic carbocycles. The Morgan fingerprint density at radius 1 is 1.18 bits per heavy atom. The number of rotatable bonds is 4. The summed E-state index contributed by atoms with van der Waals surface area (Å²) in [6.45, 7) is 0. The summed E-state index contributed by atoms with van der Waals surface area (Å²) in [5.74, 6) is 1.46. The van der Waals surface area contributed by atoms with Crippen LogP contribution in [0.15, 0.2) is 34.4 Å². The molecule has 0 fully saturated rings. The maximum absolute atomic E-state index is 5.93. The van der Waals surface area contributed by atoms with Crippen molar-refractivity contribution in [1.82, 2.24) is 19.9 Å². The highest BCUT2D eigenvalue weighted by Gasteiger charge is 2.14. The van der Waals surface area contributed by atoms with Crippen molar-refractivity contribution in [2.45, 2.75) is 9.92 Å². The van der Waals surface area contributed by atoms with Crippen LogP contribution < -0.4 is 9.47 Å². The largest absolute Gasteiger partial charge is 0.497 e. The molecule has 0 amide bonds. The first-order chi connectivity index (χ1) is 10.2. The minimum absolute atomic E-state index is 0. The fourth-order valence-electron chi connectivity index (χ4n) is 1.82. The van der Waals surface area contributed by atoms with Crippen molar-refractivity contribution in [1.29, 1.82) is 0 Å². The standard InChI is InChI=1S/C13H11ClN4O2S.H2O/c1-19-7-3-4-8(20-2)9(5-7)21-12-10-11(16-6-15-10)17-13(14)18-12;/h3-6H,1-2H3,(H,15,16,17,18);1H2. The van der Waals surface area contributed by atoms with Gasteiger partial charge in [0, 0.05) is 0 Å². The Morgan fingerprint density at radius 2 is 2.00 bits per heavy atom. The molecule has 3 rings (SSSR count). The Labute approximate surface area is 135 Å². The molecule has 0 unspecified atom stereocenters. The quantitative estimate of drug-likeness (QED) is 0.577. The van der Waals surface area contributed by atoms with Gasteiger partial charge in [0.15, 0.2) is 5.65 Å². The number of hydrogen-bond acceptors (Lipinski definition) is 6. The van der Waals surface area contributed by atoms with Crippen LogP contribution in [0.4, 0.5) is 0 Å². The van der Waals surface area contributed by atoms with E-state index in [4.69, 9.17) is 21.1 Å². The minimum Gasteiger partial charge on any atom is -0.497 e. The average Bonchev–Trinajstić information content (AvgIpc) is 2.95. The predicted molar refractivity (Wildman–Crippen MR) is 84.0 cm³/mol. The first-order valence-electron chi connectivity index (χ1n) is 5.97. The summed E-state index contributed by atoms with van der Waals surface area (Å²) >= 11 is 7.34. The number of benzene rings is 1. The summed E-state index contributed by atoms with van der Waals surface area (Å²) in [4.78, 5) is 16.3. The number of aromatic nitrogens is 4. The molecular formula is C13H13ClN4O3S. The molecule has 9 heteroatoms. The highest BCUT2D eigenvalue weighted by atomic mass is 35.5. The number of fused-ring (bicyclic) bond motifs is 1. The second-order valence-electron chi connectivity index (χ2n) is 4.02. The first kappa shape index (κ1) is 16.3. The van der Waals surface area contributed by atoms with Crippen LogP contribution >= 0.6 is 23.4 Å². The van der Waals surface area contributed by atoms with E-state index in [0.29, 0.717) is 10.7 Å². The molecule has 0 saturated heterocycles. The molecule has 0 aliphatic rings. The van der Waals surface area contributed by atoms with Crippen molar-refractivity contribution in [3.8, 4) is 11.5 Å². The van der Waals surface area contributed by atoms with Crippen LogP contribution in [0.1, 0.15) is 0 Å². The fourth-order valence-corrected chi connectivity index (χ4v) is 3.06. The van der Waals surface area contributed by atoms with Gasteiger partial charge in [-0.3, -0.25) is 0 Å². The summed E-state index contributed by atoms with van der Waals surface area (Å²) in [5.41, 5.74) is 1.26. The molecule has 0 spiro atoms. The van der Waals surface area contributed by atoms with Gasteiger partial charge in [-0.25, -0.2) is 9.97 Å². The third kappa shape index (κ3) is 3.08. The van der Waals surface area contributed by atoms with Crippen molar-refractivity contribution in [2.24, 2.45) is 0 Å². The molecule has 3 aromatic rings. The molecule has 2 aromatic heterocycles. The molecule has 7 nitrogen and oxygen atoms in total. The molecule has 2 heterocycles. The number of imidazole rings is 1. The number of nitrogens with zero attached hydrogens (tertiary/aromatic N) is 3. The van der Waals surface area contributed by atoms with Crippen LogP contribution in [0.3, 0.4) is 0 Å². The van der Waals surface area contributed by atoms with Crippen LogP contribution in [0.5, 0.6) is 11.5 Å². The van der Waals surface area contributed by atoms with Gasteiger partial charge in [-0.05, 0) is 29.8 Å². The summed E-state index contributed by atoms with van der Waals surface area (Å²) in [6, 6.07) is 5.55. The van der Waals surface area contributed by atoms with E-state index in [1.807, 2.05) is 18.2 Å². The van der Waals surface area contributed by atoms with E-state index in [1.54, 1.807) is 20.5 Å². The number of hydrogen-bond donors (Lipinski definition) is 1. The molecule has 0 aliphatic heterocycles. The van der Waals surface area contributed by atoms with E-state index in [0.717, 1.165) is 21.9 Å². The third-order valence-corrected chi connectivity index (χ3v) is 4.00. The van der Waals surface area contributed by atoms with E-state index in [1.165, 1.54) is 11.8 Å². The number of aromatic amines is 1. The third-order valence-electron chi connectivity index (χ3n) is 2.80. The van der Waals surface area contributed by atoms with Gasteiger partial charge in [0.1, 0.15) is 22.0 Å². The Morgan fingerprint density at radius 3 is 2.73 bits per heavy atom. The summed E-state index contributed by atoms with van der Waals surface area (Å²) in [6.07, 6.45) is 1.56. The molecule has 22 heavy (non-hydrogen) atoms. The molecule has 116 valence electrons. The zero-order chi connectivity index (χ0) is 14.8. The molecule has 0 atom stereocenters. The lowest BCUT2D eigenvalue weighted by molar-refractivity contribution is 0.394. The predicted octanol–water partition coefficient (Wildman–Crippen LogP) is 2.35.